The van der Waals surface area contributed by atoms with E-state index in [4.69, 9.17) is 0 Å². The standard InChI is InChI=1S/C12H19/c1-2-4-6-8-10-12-11-9-7-5-3-1/h1-5H,6-12H2/b2-1-,5-3+. The average molecular weight is 163 g/mol. The maximum atomic E-state index is 2.27. The second-order valence-electron chi connectivity index (χ2n) is 3.39. The molecule has 1 radical (unpaired) electrons. The molecule has 0 aromatic carbocycles. The fraction of sp³-hybridized carbons (Fsp3) is 0.583. The molecule has 1 rings (SSSR count). The molecule has 0 heterocycles. The van der Waals surface area contributed by atoms with Crippen molar-refractivity contribution < 1.29 is 0 Å². The second kappa shape index (κ2) is 7.15. The van der Waals surface area contributed by atoms with Gasteiger partial charge in [0.15, 0.2) is 0 Å². The van der Waals surface area contributed by atoms with E-state index in [1.54, 1.807) is 0 Å². The van der Waals surface area contributed by atoms with Gasteiger partial charge in [-0.15, -0.1) is 0 Å². The molecule has 12 heavy (non-hydrogen) atoms. The molecule has 0 N–H and O–H groups in total. The third kappa shape index (κ3) is 5.17. The molecule has 1 aliphatic rings. The lowest BCUT2D eigenvalue weighted by Gasteiger charge is -1.99. The predicted molar refractivity (Wildman–Crippen MR) is 54.9 cm³/mol. The highest BCUT2D eigenvalue weighted by Gasteiger charge is 1.90. The maximum absolute atomic E-state index is 2.27. The number of hydrogen-bond acceptors (Lipinski definition) is 0. The minimum atomic E-state index is 1.25. The van der Waals surface area contributed by atoms with Crippen molar-refractivity contribution >= 4 is 0 Å². The summed E-state index contributed by atoms with van der Waals surface area (Å²) in [5.74, 6) is 0. The van der Waals surface area contributed by atoms with Crippen LogP contribution in [-0.2, 0) is 0 Å². The minimum Gasteiger partial charge on any atom is -0.0845 e. The predicted octanol–water partition coefficient (Wildman–Crippen LogP) is 4.05. The summed E-state index contributed by atoms with van der Waals surface area (Å²) in [6.45, 7) is 0. The molecule has 1 aliphatic carbocycles. The minimum absolute atomic E-state index is 1.25. The van der Waals surface area contributed by atoms with E-state index in [-0.39, 0.29) is 0 Å². The summed E-state index contributed by atoms with van der Waals surface area (Å²) in [7, 11) is 0. The molecule has 0 aliphatic heterocycles. The van der Waals surface area contributed by atoms with E-state index in [0.29, 0.717) is 0 Å². The van der Waals surface area contributed by atoms with Gasteiger partial charge in [-0.25, -0.2) is 0 Å². The highest BCUT2D eigenvalue weighted by molar-refractivity contribution is 5.07. The summed E-state index contributed by atoms with van der Waals surface area (Å²) in [5, 5.41) is 0. The van der Waals surface area contributed by atoms with Gasteiger partial charge < -0.3 is 0 Å². The topological polar surface area (TPSA) is 0 Å². The Hall–Kier alpha value is -0.520. The van der Waals surface area contributed by atoms with Crippen LogP contribution in [0, 0.1) is 6.42 Å². The van der Waals surface area contributed by atoms with Crippen LogP contribution in [-0.4, -0.2) is 0 Å². The highest BCUT2D eigenvalue weighted by Crippen LogP contribution is 2.09. The third-order valence-electron chi connectivity index (χ3n) is 2.24. The molecule has 0 bridgehead atoms. The van der Waals surface area contributed by atoms with E-state index in [9.17, 15) is 0 Å². The van der Waals surface area contributed by atoms with Crippen molar-refractivity contribution in [1.29, 1.82) is 0 Å². The Morgan fingerprint density at radius 1 is 0.583 bits per heavy atom. The Kier molecular flexibility index (Phi) is 5.70. The van der Waals surface area contributed by atoms with Crippen LogP contribution in [0.15, 0.2) is 24.3 Å². The van der Waals surface area contributed by atoms with Gasteiger partial charge in [0.2, 0.25) is 0 Å². The average Bonchev–Trinajstić information content (AvgIpc) is 2.05. The van der Waals surface area contributed by atoms with Crippen molar-refractivity contribution in [2.75, 3.05) is 0 Å². The lowest BCUT2D eigenvalue weighted by atomic mass is 10.1. The zero-order valence-electron chi connectivity index (χ0n) is 7.84. The maximum Gasteiger partial charge on any atom is -0.0167 e. The monoisotopic (exact) mass is 163 g/mol. The van der Waals surface area contributed by atoms with Crippen LogP contribution in [0.2, 0.25) is 0 Å². The van der Waals surface area contributed by atoms with Crippen molar-refractivity contribution in [2.45, 2.75) is 44.9 Å². The first-order valence-electron chi connectivity index (χ1n) is 5.15. The fourth-order valence-electron chi connectivity index (χ4n) is 1.47. The number of rotatable bonds is 0. The van der Waals surface area contributed by atoms with E-state index in [1.165, 1.54) is 44.9 Å². The molecule has 0 unspecified atom stereocenters. The van der Waals surface area contributed by atoms with Crippen LogP contribution >= 0.6 is 0 Å². The quantitative estimate of drug-likeness (QED) is 0.505. The van der Waals surface area contributed by atoms with Crippen LogP contribution in [0.3, 0.4) is 0 Å². The first-order chi connectivity index (χ1) is 6.00. The Morgan fingerprint density at radius 3 is 2.25 bits per heavy atom. The fourth-order valence-corrected chi connectivity index (χ4v) is 1.47. The molecule has 0 aromatic rings. The molecule has 0 atom stereocenters. The van der Waals surface area contributed by atoms with Crippen LogP contribution < -0.4 is 0 Å². The van der Waals surface area contributed by atoms with Crippen LogP contribution in [0.4, 0.5) is 0 Å². The highest BCUT2D eigenvalue weighted by atomic mass is 14.0. The van der Waals surface area contributed by atoms with Gasteiger partial charge in [0.25, 0.3) is 0 Å². The van der Waals surface area contributed by atoms with Crippen molar-refractivity contribution in [2.24, 2.45) is 0 Å². The Balaban J connectivity index is 2.21. The molecule has 0 saturated heterocycles. The summed E-state index contributed by atoms with van der Waals surface area (Å²) in [4.78, 5) is 0. The number of allylic oxidation sites excluding steroid dienone is 4. The Morgan fingerprint density at radius 2 is 1.33 bits per heavy atom. The summed E-state index contributed by atoms with van der Waals surface area (Å²) in [6.07, 6.45) is 20.5. The summed E-state index contributed by atoms with van der Waals surface area (Å²) in [6, 6.07) is 0. The molecule has 67 valence electrons. The van der Waals surface area contributed by atoms with Gasteiger partial charge in [-0.05, 0) is 25.7 Å². The van der Waals surface area contributed by atoms with Gasteiger partial charge >= 0.3 is 0 Å². The van der Waals surface area contributed by atoms with Gasteiger partial charge in [-0.1, -0.05) is 50.0 Å². The van der Waals surface area contributed by atoms with E-state index in [2.05, 4.69) is 30.7 Å². The van der Waals surface area contributed by atoms with Crippen molar-refractivity contribution in [3.05, 3.63) is 30.7 Å². The van der Waals surface area contributed by atoms with Gasteiger partial charge in [-0.2, -0.15) is 0 Å². The lowest BCUT2D eigenvalue weighted by molar-refractivity contribution is 0.617. The molecular formula is C12H19. The second-order valence-corrected chi connectivity index (χ2v) is 3.39. The zero-order valence-corrected chi connectivity index (χ0v) is 7.84. The molecular weight excluding hydrogens is 144 g/mol. The van der Waals surface area contributed by atoms with Gasteiger partial charge in [-0.3, -0.25) is 0 Å². The molecule has 0 fully saturated rings. The van der Waals surface area contributed by atoms with Gasteiger partial charge in [0.05, 0.1) is 0 Å². The van der Waals surface area contributed by atoms with Crippen LogP contribution in [0.1, 0.15) is 44.9 Å². The molecule has 0 aromatic heterocycles. The number of hydrogen-bond donors (Lipinski definition) is 0. The van der Waals surface area contributed by atoms with Crippen molar-refractivity contribution in [3.63, 3.8) is 0 Å². The molecule has 0 nitrogen and oxygen atoms in total. The smallest absolute Gasteiger partial charge is 0.0167 e. The van der Waals surface area contributed by atoms with Crippen molar-refractivity contribution in [1.82, 2.24) is 0 Å². The van der Waals surface area contributed by atoms with E-state index >= 15 is 0 Å². The normalized spacial score (nSPS) is 26.7. The first kappa shape index (κ1) is 9.57. The zero-order chi connectivity index (χ0) is 8.49. The Bertz CT molecular complexity index is 124. The van der Waals surface area contributed by atoms with E-state index in [1.807, 2.05) is 0 Å². The molecule has 0 saturated carbocycles. The van der Waals surface area contributed by atoms with Gasteiger partial charge in [0.1, 0.15) is 0 Å². The van der Waals surface area contributed by atoms with Crippen LogP contribution in [0.5, 0.6) is 0 Å². The lowest BCUT2D eigenvalue weighted by Crippen LogP contribution is -1.80. The molecule has 0 spiro atoms. The van der Waals surface area contributed by atoms with Crippen LogP contribution in [0.25, 0.3) is 0 Å². The summed E-state index contributed by atoms with van der Waals surface area (Å²) >= 11 is 0. The van der Waals surface area contributed by atoms with E-state index in [0.717, 1.165) is 0 Å². The first-order valence-corrected chi connectivity index (χ1v) is 5.15. The summed E-state index contributed by atoms with van der Waals surface area (Å²) < 4.78 is 0. The largest absolute Gasteiger partial charge is 0.0845 e. The van der Waals surface area contributed by atoms with E-state index < -0.39 is 0 Å². The molecule has 0 heteroatoms. The van der Waals surface area contributed by atoms with Crippen molar-refractivity contribution in [3.8, 4) is 0 Å². The summed E-state index contributed by atoms with van der Waals surface area (Å²) in [5.41, 5.74) is 0. The third-order valence-corrected chi connectivity index (χ3v) is 2.24. The SMILES string of the molecule is [CH]1/C=C\C=C\CCCCCCC1. The molecule has 0 amide bonds. The Labute approximate surface area is 76.4 Å². The van der Waals surface area contributed by atoms with Gasteiger partial charge in [0, 0.05) is 0 Å².